The minimum Gasteiger partial charge on any atom is -0.466 e. The molecule has 0 fully saturated rings. The molecule has 0 aromatic heterocycles. The lowest BCUT2D eigenvalue weighted by Crippen LogP contribution is -2.45. The molecule has 0 aliphatic heterocycles. The fourth-order valence-corrected chi connectivity index (χ4v) is 9.27. The standard InChI is InChI=1S/C62H117NO5/c1-3-5-7-9-11-13-15-16-17-18-19-20-22-25-28-31-35-38-42-46-50-54-60(65)59(58-64)63-61(66)55-51-47-43-39-36-32-29-26-23-21-24-27-30-33-37-41-45-49-53-57-68-62(67)56-52-48-44-40-34-14-12-10-8-6-4-2/h27,30,33,37,50,54,59-60,64-65H,3-26,28-29,31-32,34-36,38-49,51-53,55-58H2,1-2H3,(H,63,66)/b30-27-,37-33-,54-50+. The van der Waals surface area contributed by atoms with Gasteiger partial charge in [0, 0.05) is 12.8 Å². The van der Waals surface area contributed by atoms with Gasteiger partial charge in [-0.1, -0.05) is 281 Å². The molecule has 0 spiro atoms. The number of aliphatic hydroxyl groups excluding tert-OH is 2. The van der Waals surface area contributed by atoms with Gasteiger partial charge in [0.05, 0.1) is 25.4 Å². The number of carbonyl (C=O) groups is 2. The summed E-state index contributed by atoms with van der Waals surface area (Å²) in [5.74, 6) is -0.0899. The molecule has 0 aromatic carbocycles. The molecule has 68 heavy (non-hydrogen) atoms. The molecule has 0 saturated carbocycles. The number of esters is 1. The van der Waals surface area contributed by atoms with Crippen molar-refractivity contribution >= 4 is 11.9 Å². The molecule has 0 radical (unpaired) electrons. The third-order valence-corrected chi connectivity index (χ3v) is 13.9. The van der Waals surface area contributed by atoms with E-state index in [1.807, 2.05) is 6.08 Å². The average molecular weight is 957 g/mol. The Balaban J connectivity index is 3.51. The third kappa shape index (κ3) is 53.4. The lowest BCUT2D eigenvalue weighted by atomic mass is 10.0. The molecule has 1 amide bonds. The first-order valence-corrected chi connectivity index (χ1v) is 30.3. The molecule has 0 saturated heterocycles. The zero-order valence-corrected chi connectivity index (χ0v) is 45.6. The summed E-state index contributed by atoms with van der Waals surface area (Å²) in [7, 11) is 0. The lowest BCUT2D eigenvalue weighted by molar-refractivity contribution is -0.143. The second-order valence-corrected chi connectivity index (χ2v) is 20.7. The van der Waals surface area contributed by atoms with Crippen molar-refractivity contribution in [2.75, 3.05) is 13.2 Å². The van der Waals surface area contributed by atoms with E-state index in [1.54, 1.807) is 6.08 Å². The van der Waals surface area contributed by atoms with Gasteiger partial charge < -0.3 is 20.3 Å². The second kappa shape index (κ2) is 57.7. The van der Waals surface area contributed by atoms with Gasteiger partial charge in [-0.25, -0.2) is 0 Å². The van der Waals surface area contributed by atoms with E-state index in [0.29, 0.717) is 19.4 Å². The number of aliphatic hydroxyl groups is 2. The molecular weight excluding hydrogens is 839 g/mol. The van der Waals surface area contributed by atoms with Crippen molar-refractivity contribution in [3.63, 3.8) is 0 Å². The van der Waals surface area contributed by atoms with Gasteiger partial charge in [-0.15, -0.1) is 0 Å². The molecule has 6 heteroatoms. The number of hydrogen-bond donors (Lipinski definition) is 3. The smallest absolute Gasteiger partial charge is 0.305 e. The van der Waals surface area contributed by atoms with E-state index >= 15 is 0 Å². The van der Waals surface area contributed by atoms with Crippen LogP contribution in [0.1, 0.15) is 322 Å². The van der Waals surface area contributed by atoms with Gasteiger partial charge in [0.2, 0.25) is 5.91 Å². The zero-order chi connectivity index (χ0) is 49.3. The van der Waals surface area contributed by atoms with Crippen LogP contribution >= 0.6 is 0 Å². The van der Waals surface area contributed by atoms with E-state index in [2.05, 4.69) is 43.5 Å². The summed E-state index contributed by atoms with van der Waals surface area (Å²) in [5.41, 5.74) is 0. The summed E-state index contributed by atoms with van der Waals surface area (Å²) in [4.78, 5) is 24.5. The normalized spacial score (nSPS) is 12.8. The Bertz CT molecular complexity index is 1100. The molecule has 0 bridgehead atoms. The molecular formula is C62H117NO5. The highest BCUT2D eigenvalue weighted by Gasteiger charge is 2.18. The highest BCUT2D eigenvalue weighted by molar-refractivity contribution is 5.76. The minimum atomic E-state index is -0.852. The Morgan fingerprint density at radius 3 is 1.09 bits per heavy atom. The van der Waals surface area contributed by atoms with E-state index in [0.717, 1.165) is 77.0 Å². The monoisotopic (exact) mass is 956 g/mol. The SMILES string of the molecule is CCCCCCCCCCCCCCCCCCCCC/C=C/C(O)C(CO)NC(=O)CCCCCCCCCCCC/C=C\C=C/CCCCCOC(=O)CCCCCCCCCCCCC. The number of amides is 1. The molecule has 0 rings (SSSR count). The van der Waals surface area contributed by atoms with Crippen molar-refractivity contribution in [1.82, 2.24) is 5.32 Å². The number of allylic oxidation sites excluding steroid dienone is 5. The predicted molar refractivity (Wildman–Crippen MR) is 296 cm³/mol. The van der Waals surface area contributed by atoms with Crippen molar-refractivity contribution in [1.29, 1.82) is 0 Å². The van der Waals surface area contributed by atoms with Gasteiger partial charge in [0.15, 0.2) is 0 Å². The Kier molecular flexibility index (Phi) is 56.0. The van der Waals surface area contributed by atoms with Crippen molar-refractivity contribution in [3.8, 4) is 0 Å². The van der Waals surface area contributed by atoms with Gasteiger partial charge in [-0.05, 0) is 64.2 Å². The lowest BCUT2D eigenvalue weighted by Gasteiger charge is -2.20. The van der Waals surface area contributed by atoms with Crippen LogP contribution in [-0.4, -0.2) is 47.4 Å². The Labute approximate surface area is 424 Å². The molecule has 3 N–H and O–H groups in total. The zero-order valence-electron chi connectivity index (χ0n) is 45.6. The number of unbranched alkanes of at least 4 members (excludes halogenated alkanes) is 42. The first kappa shape index (κ1) is 66.1. The van der Waals surface area contributed by atoms with Crippen LogP contribution in [0.4, 0.5) is 0 Å². The number of carbonyl (C=O) groups excluding carboxylic acids is 2. The van der Waals surface area contributed by atoms with Crippen LogP contribution < -0.4 is 5.32 Å². The molecule has 400 valence electrons. The molecule has 2 unspecified atom stereocenters. The van der Waals surface area contributed by atoms with Crippen LogP contribution in [0.15, 0.2) is 36.5 Å². The highest BCUT2D eigenvalue weighted by atomic mass is 16.5. The fourth-order valence-electron chi connectivity index (χ4n) is 9.27. The summed E-state index contributed by atoms with van der Waals surface area (Å²) in [6, 6.07) is -0.636. The molecule has 0 heterocycles. The van der Waals surface area contributed by atoms with Crippen molar-refractivity contribution in [3.05, 3.63) is 36.5 Å². The van der Waals surface area contributed by atoms with Crippen LogP contribution in [0, 0.1) is 0 Å². The first-order valence-electron chi connectivity index (χ1n) is 30.3. The number of rotatable bonds is 56. The molecule has 2 atom stereocenters. The fraction of sp³-hybridized carbons (Fsp3) is 0.871. The summed E-state index contributed by atoms with van der Waals surface area (Å²) in [5, 5.41) is 23.2. The Hall–Kier alpha value is -1.92. The maximum atomic E-state index is 12.5. The van der Waals surface area contributed by atoms with Gasteiger partial charge >= 0.3 is 5.97 Å². The van der Waals surface area contributed by atoms with Crippen LogP contribution in [0.25, 0.3) is 0 Å². The summed E-state index contributed by atoms with van der Waals surface area (Å²) in [6.07, 6.45) is 71.8. The van der Waals surface area contributed by atoms with E-state index < -0.39 is 12.1 Å². The maximum Gasteiger partial charge on any atom is 0.305 e. The van der Waals surface area contributed by atoms with Gasteiger partial charge in [-0.3, -0.25) is 9.59 Å². The summed E-state index contributed by atoms with van der Waals surface area (Å²) >= 11 is 0. The van der Waals surface area contributed by atoms with Crippen LogP contribution in [0.5, 0.6) is 0 Å². The second-order valence-electron chi connectivity index (χ2n) is 20.7. The molecule has 0 aromatic rings. The van der Waals surface area contributed by atoms with Crippen LogP contribution in [0.3, 0.4) is 0 Å². The van der Waals surface area contributed by atoms with Crippen LogP contribution in [-0.2, 0) is 14.3 Å². The quantitative estimate of drug-likeness (QED) is 0.0244. The van der Waals surface area contributed by atoms with E-state index in [4.69, 9.17) is 4.74 Å². The first-order chi connectivity index (χ1) is 33.5. The van der Waals surface area contributed by atoms with E-state index in [-0.39, 0.29) is 18.5 Å². The molecule has 0 aliphatic carbocycles. The Morgan fingerprint density at radius 1 is 0.412 bits per heavy atom. The van der Waals surface area contributed by atoms with Crippen molar-refractivity contribution < 1.29 is 24.5 Å². The van der Waals surface area contributed by atoms with E-state index in [9.17, 15) is 19.8 Å². The number of hydrogen-bond acceptors (Lipinski definition) is 5. The third-order valence-electron chi connectivity index (χ3n) is 13.9. The number of nitrogens with one attached hydrogen (secondary N) is 1. The van der Waals surface area contributed by atoms with Crippen molar-refractivity contribution in [2.45, 2.75) is 334 Å². The Morgan fingerprint density at radius 2 is 0.721 bits per heavy atom. The minimum absolute atomic E-state index is 0.0144. The van der Waals surface area contributed by atoms with Gasteiger partial charge in [-0.2, -0.15) is 0 Å². The van der Waals surface area contributed by atoms with Crippen molar-refractivity contribution in [2.24, 2.45) is 0 Å². The topological polar surface area (TPSA) is 95.9 Å². The van der Waals surface area contributed by atoms with Gasteiger partial charge in [0.1, 0.15) is 0 Å². The maximum absolute atomic E-state index is 12.5. The molecule has 0 aliphatic rings. The largest absolute Gasteiger partial charge is 0.466 e. The summed E-state index contributed by atoms with van der Waals surface area (Å²) < 4.78 is 5.44. The highest BCUT2D eigenvalue weighted by Crippen LogP contribution is 2.17. The van der Waals surface area contributed by atoms with Gasteiger partial charge in [0.25, 0.3) is 0 Å². The average Bonchev–Trinajstić information content (AvgIpc) is 3.34. The van der Waals surface area contributed by atoms with Crippen LogP contribution in [0.2, 0.25) is 0 Å². The van der Waals surface area contributed by atoms with E-state index in [1.165, 1.54) is 218 Å². The molecule has 6 nitrogen and oxygen atoms in total. The predicted octanol–water partition coefficient (Wildman–Crippen LogP) is 18.8. The summed E-state index contributed by atoms with van der Waals surface area (Å²) in [6.45, 7) is 4.87. The number of ether oxygens (including phenoxy) is 1.